The Labute approximate surface area is 94.4 Å². The van der Waals surface area contributed by atoms with E-state index in [4.69, 9.17) is 14.2 Å². The van der Waals surface area contributed by atoms with E-state index in [0.29, 0.717) is 6.42 Å². The molecule has 0 fully saturated rings. The van der Waals surface area contributed by atoms with Crippen molar-refractivity contribution in [2.75, 3.05) is 7.11 Å². The van der Waals surface area contributed by atoms with Crippen LogP contribution in [0.4, 0.5) is 0 Å². The zero-order chi connectivity index (χ0) is 12.1. The summed E-state index contributed by atoms with van der Waals surface area (Å²) in [5, 5.41) is 0. The highest BCUT2D eigenvalue weighted by molar-refractivity contribution is 5.67. The monoisotopic (exact) mass is 228 g/mol. The fourth-order valence-corrected chi connectivity index (χ4v) is 1.61. The molecule has 1 aliphatic rings. The van der Waals surface area contributed by atoms with Gasteiger partial charge in [0, 0.05) is 27.4 Å². The average Bonchev–Trinajstić information content (AvgIpc) is 2.19. The van der Waals surface area contributed by atoms with Crippen LogP contribution in [0.3, 0.4) is 0 Å². The summed E-state index contributed by atoms with van der Waals surface area (Å²) in [5.41, 5.74) is 0. The van der Waals surface area contributed by atoms with E-state index < -0.39 is 24.1 Å². The van der Waals surface area contributed by atoms with Crippen molar-refractivity contribution in [3.63, 3.8) is 0 Å². The standard InChI is InChI=1S/C11H16O5/c1-7(12)15-10-5-4-9(14-3)6-11(10)16-8(2)13/h4-5,9-11H,6H2,1-3H3/t9-,10-,11-/m0/s1. The average molecular weight is 228 g/mol. The summed E-state index contributed by atoms with van der Waals surface area (Å²) in [6.07, 6.45) is 2.87. The van der Waals surface area contributed by atoms with Gasteiger partial charge in [-0.05, 0) is 6.08 Å². The van der Waals surface area contributed by atoms with Crippen LogP contribution in [0.25, 0.3) is 0 Å². The van der Waals surface area contributed by atoms with Gasteiger partial charge in [-0.1, -0.05) is 6.08 Å². The zero-order valence-corrected chi connectivity index (χ0v) is 9.64. The third-order valence-electron chi connectivity index (χ3n) is 2.27. The molecular weight excluding hydrogens is 212 g/mol. The van der Waals surface area contributed by atoms with Crippen molar-refractivity contribution in [3.8, 4) is 0 Å². The van der Waals surface area contributed by atoms with E-state index in [1.54, 1.807) is 19.3 Å². The Balaban J connectivity index is 2.69. The van der Waals surface area contributed by atoms with E-state index in [2.05, 4.69) is 0 Å². The van der Waals surface area contributed by atoms with Crippen molar-refractivity contribution in [1.82, 2.24) is 0 Å². The maximum absolute atomic E-state index is 10.9. The summed E-state index contributed by atoms with van der Waals surface area (Å²) >= 11 is 0. The Bertz CT molecular complexity index is 297. The van der Waals surface area contributed by atoms with Gasteiger partial charge in [-0.2, -0.15) is 0 Å². The molecule has 0 radical (unpaired) electrons. The second-order valence-corrected chi connectivity index (χ2v) is 3.62. The lowest BCUT2D eigenvalue weighted by Gasteiger charge is -2.29. The molecule has 0 amide bonds. The molecule has 0 spiro atoms. The largest absolute Gasteiger partial charge is 0.458 e. The lowest BCUT2D eigenvalue weighted by Crippen LogP contribution is -2.39. The molecule has 1 rings (SSSR count). The van der Waals surface area contributed by atoms with Gasteiger partial charge in [-0.25, -0.2) is 0 Å². The second kappa shape index (κ2) is 5.65. The van der Waals surface area contributed by atoms with Crippen LogP contribution < -0.4 is 0 Å². The van der Waals surface area contributed by atoms with Crippen LogP contribution in [0.5, 0.6) is 0 Å². The number of ether oxygens (including phenoxy) is 3. The van der Waals surface area contributed by atoms with Crippen LogP contribution in [-0.2, 0) is 23.8 Å². The van der Waals surface area contributed by atoms with Crippen molar-refractivity contribution in [2.45, 2.75) is 38.6 Å². The predicted molar refractivity (Wildman–Crippen MR) is 55.7 cm³/mol. The van der Waals surface area contributed by atoms with Crippen LogP contribution in [-0.4, -0.2) is 37.4 Å². The first-order valence-corrected chi connectivity index (χ1v) is 5.08. The van der Waals surface area contributed by atoms with E-state index in [1.165, 1.54) is 13.8 Å². The maximum atomic E-state index is 10.9. The lowest BCUT2D eigenvalue weighted by molar-refractivity contribution is -0.164. The molecule has 0 aromatic carbocycles. The van der Waals surface area contributed by atoms with Crippen molar-refractivity contribution in [1.29, 1.82) is 0 Å². The van der Waals surface area contributed by atoms with Crippen molar-refractivity contribution in [2.24, 2.45) is 0 Å². The van der Waals surface area contributed by atoms with Crippen LogP contribution in [0.1, 0.15) is 20.3 Å². The minimum Gasteiger partial charge on any atom is -0.458 e. The SMILES string of the molecule is CO[C@H]1C=C[C@H](OC(C)=O)[C@@H](OC(C)=O)C1. The minimum absolute atomic E-state index is 0.115. The first kappa shape index (κ1) is 12.7. The normalized spacial score (nSPS) is 28.6. The van der Waals surface area contributed by atoms with Crippen LogP contribution in [0.15, 0.2) is 12.2 Å². The topological polar surface area (TPSA) is 61.8 Å². The molecule has 90 valence electrons. The Morgan fingerprint density at radius 1 is 1.12 bits per heavy atom. The van der Waals surface area contributed by atoms with Crippen molar-refractivity contribution in [3.05, 3.63) is 12.2 Å². The van der Waals surface area contributed by atoms with E-state index in [9.17, 15) is 9.59 Å². The molecule has 0 aromatic rings. The summed E-state index contributed by atoms with van der Waals surface area (Å²) < 4.78 is 15.3. The smallest absolute Gasteiger partial charge is 0.303 e. The summed E-state index contributed by atoms with van der Waals surface area (Å²) in [7, 11) is 1.58. The number of hydrogen-bond donors (Lipinski definition) is 0. The molecule has 5 nitrogen and oxygen atoms in total. The number of hydrogen-bond acceptors (Lipinski definition) is 5. The number of carbonyl (C=O) groups is 2. The van der Waals surface area contributed by atoms with Gasteiger partial charge in [0.2, 0.25) is 0 Å². The van der Waals surface area contributed by atoms with Gasteiger partial charge >= 0.3 is 11.9 Å². The van der Waals surface area contributed by atoms with Gasteiger partial charge in [-0.3, -0.25) is 9.59 Å². The quantitative estimate of drug-likeness (QED) is 0.528. The van der Waals surface area contributed by atoms with Crippen LogP contribution in [0.2, 0.25) is 0 Å². The molecule has 0 N–H and O–H groups in total. The first-order chi connectivity index (χ1) is 7.52. The third kappa shape index (κ3) is 3.66. The Hall–Kier alpha value is -1.36. The second-order valence-electron chi connectivity index (χ2n) is 3.62. The predicted octanol–water partition coefficient (Wildman–Crippen LogP) is 0.825. The molecule has 0 aromatic heterocycles. The Morgan fingerprint density at radius 2 is 1.75 bits per heavy atom. The first-order valence-electron chi connectivity index (χ1n) is 5.08. The molecule has 0 saturated heterocycles. The van der Waals surface area contributed by atoms with E-state index >= 15 is 0 Å². The molecule has 3 atom stereocenters. The summed E-state index contributed by atoms with van der Waals surface area (Å²) in [4.78, 5) is 21.8. The highest BCUT2D eigenvalue weighted by atomic mass is 16.6. The summed E-state index contributed by atoms with van der Waals surface area (Å²) in [5.74, 6) is -0.796. The van der Waals surface area contributed by atoms with Crippen molar-refractivity contribution >= 4 is 11.9 Å². The molecule has 0 unspecified atom stereocenters. The zero-order valence-electron chi connectivity index (χ0n) is 9.64. The molecule has 0 aliphatic heterocycles. The van der Waals surface area contributed by atoms with Crippen LogP contribution >= 0.6 is 0 Å². The van der Waals surface area contributed by atoms with Gasteiger partial charge in [-0.15, -0.1) is 0 Å². The van der Waals surface area contributed by atoms with Gasteiger partial charge in [0.1, 0.15) is 6.10 Å². The Morgan fingerprint density at radius 3 is 2.25 bits per heavy atom. The van der Waals surface area contributed by atoms with Gasteiger partial charge in [0.25, 0.3) is 0 Å². The summed E-state index contributed by atoms with van der Waals surface area (Å²) in [6.45, 7) is 2.64. The maximum Gasteiger partial charge on any atom is 0.303 e. The van der Waals surface area contributed by atoms with Gasteiger partial charge in [0.15, 0.2) is 6.10 Å². The van der Waals surface area contributed by atoms with Crippen LogP contribution in [0, 0.1) is 0 Å². The van der Waals surface area contributed by atoms with E-state index in [-0.39, 0.29) is 6.10 Å². The number of rotatable bonds is 3. The minimum atomic E-state index is -0.521. The fraction of sp³-hybridized carbons (Fsp3) is 0.636. The molecule has 5 heteroatoms. The highest BCUT2D eigenvalue weighted by Gasteiger charge is 2.31. The molecule has 0 bridgehead atoms. The lowest BCUT2D eigenvalue weighted by atomic mass is 9.99. The summed E-state index contributed by atoms with van der Waals surface area (Å²) in [6, 6.07) is 0. The third-order valence-corrected chi connectivity index (χ3v) is 2.27. The molecule has 1 aliphatic carbocycles. The molecule has 0 saturated carbocycles. The molecule has 16 heavy (non-hydrogen) atoms. The number of carbonyl (C=O) groups excluding carboxylic acids is 2. The molecular formula is C11H16O5. The number of esters is 2. The van der Waals surface area contributed by atoms with Crippen molar-refractivity contribution < 1.29 is 23.8 Å². The van der Waals surface area contributed by atoms with Gasteiger partial charge < -0.3 is 14.2 Å². The highest BCUT2D eigenvalue weighted by Crippen LogP contribution is 2.20. The fourth-order valence-electron chi connectivity index (χ4n) is 1.61. The molecule has 0 heterocycles. The number of methoxy groups -OCH3 is 1. The van der Waals surface area contributed by atoms with Gasteiger partial charge in [0.05, 0.1) is 6.10 Å². The van der Waals surface area contributed by atoms with E-state index in [0.717, 1.165) is 0 Å². The Kier molecular flexibility index (Phi) is 4.49. The van der Waals surface area contributed by atoms with E-state index in [1.807, 2.05) is 0 Å².